The van der Waals surface area contributed by atoms with Crippen molar-refractivity contribution in [1.29, 1.82) is 0 Å². The van der Waals surface area contributed by atoms with Crippen LogP contribution < -0.4 is 0 Å². The van der Waals surface area contributed by atoms with E-state index in [4.69, 9.17) is 0 Å². The van der Waals surface area contributed by atoms with Gasteiger partial charge in [0, 0.05) is 28.0 Å². The van der Waals surface area contributed by atoms with Crippen molar-refractivity contribution >= 4 is 21.9 Å². The zero-order valence-electron chi connectivity index (χ0n) is 10.2. The molecule has 0 radical (unpaired) electrons. The maximum absolute atomic E-state index is 4.62. The van der Waals surface area contributed by atoms with Crippen LogP contribution in [0.1, 0.15) is 0 Å². The van der Waals surface area contributed by atoms with Crippen LogP contribution in [-0.2, 0) is 0 Å². The topological polar surface area (TPSA) is 41.6 Å². The molecule has 3 nitrogen and oxygen atoms in total. The fraction of sp³-hybridized carbons (Fsp3) is 0. The number of rotatable bonds is 1. The molecule has 1 N–H and O–H groups in total. The Hall–Kier alpha value is -2.68. The molecular formula is C16H11N3. The van der Waals surface area contributed by atoms with Crippen LogP contribution in [0.25, 0.3) is 33.3 Å². The number of nitrogens with zero attached hydrogens (tertiary/aromatic N) is 2. The highest BCUT2D eigenvalue weighted by atomic mass is 14.9. The first kappa shape index (κ1) is 10.3. The molecule has 0 aliphatic carbocycles. The third-order valence-electron chi connectivity index (χ3n) is 3.29. The van der Waals surface area contributed by atoms with Gasteiger partial charge in [0.25, 0.3) is 0 Å². The Morgan fingerprint density at radius 1 is 0.789 bits per heavy atom. The molecule has 0 spiro atoms. The van der Waals surface area contributed by atoms with E-state index in [0.29, 0.717) is 0 Å². The van der Waals surface area contributed by atoms with Crippen molar-refractivity contribution in [3.8, 4) is 11.4 Å². The van der Waals surface area contributed by atoms with Gasteiger partial charge in [0.05, 0.1) is 0 Å². The van der Waals surface area contributed by atoms with Gasteiger partial charge in [-0.2, -0.15) is 0 Å². The summed E-state index contributed by atoms with van der Waals surface area (Å²) < 4.78 is 0. The highest BCUT2D eigenvalue weighted by Gasteiger charge is 2.07. The van der Waals surface area contributed by atoms with Crippen LogP contribution in [0.4, 0.5) is 0 Å². The van der Waals surface area contributed by atoms with Crippen molar-refractivity contribution in [3.05, 3.63) is 60.8 Å². The second-order valence-electron chi connectivity index (χ2n) is 4.49. The highest BCUT2D eigenvalue weighted by Crippen LogP contribution is 2.25. The fourth-order valence-corrected chi connectivity index (χ4v) is 2.36. The maximum atomic E-state index is 4.62. The van der Waals surface area contributed by atoms with Gasteiger partial charge in [0.2, 0.25) is 0 Å². The van der Waals surface area contributed by atoms with E-state index in [-0.39, 0.29) is 0 Å². The molecule has 2 aromatic heterocycles. The monoisotopic (exact) mass is 245 g/mol. The first-order valence-electron chi connectivity index (χ1n) is 6.21. The van der Waals surface area contributed by atoms with Crippen molar-refractivity contribution < 1.29 is 0 Å². The largest absolute Gasteiger partial charge is 0.339 e. The summed E-state index contributed by atoms with van der Waals surface area (Å²) >= 11 is 0. The lowest BCUT2D eigenvalue weighted by atomic mass is 10.2. The summed E-state index contributed by atoms with van der Waals surface area (Å²) in [6.07, 6.45) is 1.89. The number of aromatic amines is 1. The summed E-state index contributed by atoms with van der Waals surface area (Å²) in [5.74, 6) is 0.750. The van der Waals surface area contributed by atoms with Gasteiger partial charge in [-0.25, -0.2) is 9.97 Å². The number of hydrogen-bond acceptors (Lipinski definition) is 2. The third-order valence-corrected chi connectivity index (χ3v) is 3.29. The van der Waals surface area contributed by atoms with Gasteiger partial charge in [-0.1, -0.05) is 48.5 Å². The van der Waals surface area contributed by atoms with Gasteiger partial charge >= 0.3 is 0 Å². The molecule has 4 aromatic rings. The van der Waals surface area contributed by atoms with Crippen LogP contribution in [0.5, 0.6) is 0 Å². The number of hydrogen-bond donors (Lipinski definition) is 1. The van der Waals surface area contributed by atoms with E-state index in [0.717, 1.165) is 33.3 Å². The molecule has 0 aliphatic rings. The van der Waals surface area contributed by atoms with E-state index >= 15 is 0 Å². The standard InChI is InChI=1S/C16H11N3/c1-2-6-11(7-3-1)15-17-10-13-12-8-4-5-9-14(12)18-16(13)19-15/h1-10H,(H,17,18,19). The SMILES string of the molecule is c1ccc(-c2ncc3c(n2)[nH]c2ccccc23)cc1. The first-order chi connectivity index (χ1) is 9.42. The smallest absolute Gasteiger partial charge is 0.161 e. The van der Waals surface area contributed by atoms with Gasteiger partial charge in [-0.15, -0.1) is 0 Å². The lowest BCUT2D eigenvalue weighted by Crippen LogP contribution is -1.88. The Kier molecular flexibility index (Phi) is 2.12. The molecule has 0 fully saturated rings. The van der Waals surface area contributed by atoms with E-state index in [1.54, 1.807) is 0 Å². The van der Waals surface area contributed by atoms with E-state index in [2.05, 4.69) is 27.1 Å². The van der Waals surface area contributed by atoms with Crippen molar-refractivity contribution in [3.63, 3.8) is 0 Å². The molecule has 90 valence electrons. The molecule has 0 aliphatic heterocycles. The van der Waals surface area contributed by atoms with Gasteiger partial charge in [-0.3, -0.25) is 0 Å². The number of aromatic nitrogens is 3. The van der Waals surface area contributed by atoms with Crippen LogP contribution in [-0.4, -0.2) is 15.0 Å². The average Bonchev–Trinajstić information content (AvgIpc) is 2.86. The van der Waals surface area contributed by atoms with Crippen LogP contribution in [0.15, 0.2) is 60.8 Å². The quantitative estimate of drug-likeness (QED) is 0.554. The van der Waals surface area contributed by atoms with Crippen LogP contribution in [0.2, 0.25) is 0 Å². The summed E-state index contributed by atoms with van der Waals surface area (Å²) in [5, 5.41) is 2.23. The lowest BCUT2D eigenvalue weighted by Gasteiger charge is -1.99. The molecule has 0 bridgehead atoms. The average molecular weight is 245 g/mol. The summed E-state index contributed by atoms with van der Waals surface area (Å²) in [7, 11) is 0. The Labute approximate surface area is 110 Å². The molecule has 19 heavy (non-hydrogen) atoms. The number of para-hydroxylation sites is 1. The van der Waals surface area contributed by atoms with Gasteiger partial charge in [0.1, 0.15) is 5.65 Å². The molecule has 2 heterocycles. The van der Waals surface area contributed by atoms with Gasteiger partial charge < -0.3 is 4.98 Å². The van der Waals surface area contributed by atoms with E-state index in [1.165, 1.54) is 0 Å². The van der Waals surface area contributed by atoms with Gasteiger partial charge in [0.15, 0.2) is 5.82 Å². The minimum absolute atomic E-state index is 0.750. The molecule has 0 unspecified atom stereocenters. The van der Waals surface area contributed by atoms with Crippen molar-refractivity contribution in [2.75, 3.05) is 0 Å². The van der Waals surface area contributed by atoms with Crippen LogP contribution >= 0.6 is 0 Å². The van der Waals surface area contributed by atoms with Crippen molar-refractivity contribution in [2.24, 2.45) is 0 Å². The number of H-pyrrole nitrogens is 1. The third kappa shape index (κ3) is 1.59. The molecule has 4 rings (SSSR count). The second kappa shape index (κ2) is 3.92. The second-order valence-corrected chi connectivity index (χ2v) is 4.49. The summed E-state index contributed by atoms with van der Waals surface area (Å²) in [4.78, 5) is 12.4. The Morgan fingerprint density at radius 2 is 1.58 bits per heavy atom. The van der Waals surface area contributed by atoms with Gasteiger partial charge in [-0.05, 0) is 6.07 Å². The van der Waals surface area contributed by atoms with E-state index in [1.807, 2.05) is 48.7 Å². The molecule has 0 atom stereocenters. The Balaban J connectivity index is 1.99. The normalized spacial score (nSPS) is 11.2. The number of nitrogens with one attached hydrogen (secondary N) is 1. The molecule has 2 aromatic carbocycles. The van der Waals surface area contributed by atoms with Crippen LogP contribution in [0.3, 0.4) is 0 Å². The summed E-state index contributed by atoms with van der Waals surface area (Å²) in [5.41, 5.74) is 3.01. The van der Waals surface area contributed by atoms with Crippen LogP contribution in [0, 0.1) is 0 Å². The number of benzene rings is 2. The lowest BCUT2D eigenvalue weighted by molar-refractivity contribution is 1.21. The number of fused-ring (bicyclic) bond motifs is 3. The molecule has 0 saturated carbocycles. The van der Waals surface area contributed by atoms with Crippen molar-refractivity contribution in [2.45, 2.75) is 0 Å². The summed E-state index contributed by atoms with van der Waals surface area (Å²) in [6, 6.07) is 18.2. The highest BCUT2D eigenvalue weighted by molar-refractivity contribution is 6.05. The Morgan fingerprint density at radius 3 is 2.47 bits per heavy atom. The molecule has 0 amide bonds. The molecule has 0 saturated heterocycles. The maximum Gasteiger partial charge on any atom is 0.161 e. The zero-order valence-corrected chi connectivity index (χ0v) is 10.2. The fourth-order valence-electron chi connectivity index (χ4n) is 2.36. The van der Waals surface area contributed by atoms with Crippen molar-refractivity contribution in [1.82, 2.24) is 15.0 Å². The minimum Gasteiger partial charge on any atom is -0.339 e. The molecule has 3 heteroatoms. The predicted molar refractivity (Wildman–Crippen MR) is 76.8 cm³/mol. The van der Waals surface area contributed by atoms with E-state index < -0.39 is 0 Å². The minimum atomic E-state index is 0.750. The zero-order chi connectivity index (χ0) is 12.7. The molecular weight excluding hydrogens is 234 g/mol. The first-order valence-corrected chi connectivity index (χ1v) is 6.21. The summed E-state index contributed by atoms with van der Waals surface area (Å²) in [6.45, 7) is 0. The van der Waals surface area contributed by atoms with E-state index in [9.17, 15) is 0 Å². The predicted octanol–water partition coefficient (Wildman–Crippen LogP) is 3.78. The Bertz CT molecular complexity index is 863.